The summed E-state index contributed by atoms with van der Waals surface area (Å²) in [6, 6.07) is 16.9. The molecular weight excluding hydrogens is 714 g/mol. The molecule has 0 aliphatic carbocycles. The number of benzene rings is 4. The Hall–Kier alpha value is -6.99. The lowest BCUT2D eigenvalue weighted by molar-refractivity contribution is 0.0453. The van der Waals surface area contributed by atoms with Crippen LogP contribution < -0.4 is 16.0 Å². The van der Waals surface area contributed by atoms with Crippen molar-refractivity contribution < 1.29 is 41.0 Å². The molecule has 0 spiro atoms. The van der Waals surface area contributed by atoms with Gasteiger partial charge in [-0.3, -0.25) is 0 Å². The molecule has 0 saturated carbocycles. The summed E-state index contributed by atoms with van der Waals surface area (Å²) in [6.45, 7) is 4.40. The van der Waals surface area contributed by atoms with Crippen LogP contribution in [0.4, 0.5) is 17.6 Å². The van der Waals surface area contributed by atoms with Crippen LogP contribution in [0.15, 0.2) is 79.1 Å². The SMILES string of the molecule is COCOc1c(F)cc2c(C)c(-c3cccc(C#N)c3)c(=O)oc2c1F.Cc1nnc(-c2cccc(-c3c(C)c4cc(F)c(O)c(F)c4oc3=O)c2)nn1. The van der Waals surface area contributed by atoms with Crippen LogP contribution in [-0.4, -0.2) is 39.4 Å². The number of fused-ring (bicyclic) bond motifs is 2. The Bertz CT molecular complexity index is 2770. The smallest absolute Gasteiger partial charge is 0.344 e. The van der Waals surface area contributed by atoms with Gasteiger partial charge in [0, 0.05) is 23.4 Å². The molecule has 12 nitrogen and oxygen atoms in total. The molecule has 1 N–H and O–H groups in total. The Kier molecular flexibility index (Phi) is 10.2. The minimum atomic E-state index is -1.32. The maximum atomic E-state index is 14.6. The van der Waals surface area contributed by atoms with Gasteiger partial charge in [-0.15, -0.1) is 20.4 Å². The van der Waals surface area contributed by atoms with Crippen molar-refractivity contribution in [1.82, 2.24) is 20.4 Å². The summed E-state index contributed by atoms with van der Waals surface area (Å²) in [6.07, 6.45) is 0. The van der Waals surface area contributed by atoms with E-state index in [1.165, 1.54) is 13.2 Å². The standard InChI is InChI=1S/C19H12F2N4O3.C19H13F2NO4/c1-8-12-7-13(20)16(26)15(21)17(12)28-19(27)14(8)10-4-3-5-11(6-10)18-24-22-9(2)23-25-18;1-10-13-7-14(20)18(25-9-24-2)16(21)17(13)26-19(23)15(10)12-5-3-4-11(6-12)8-22/h3-7,26H,1-2H3;3-7H,9H2,1-2H3. The van der Waals surface area contributed by atoms with Crippen molar-refractivity contribution in [2.45, 2.75) is 20.8 Å². The van der Waals surface area contributed by atoms with Crippen LogP contribution in [0.1, 0.15) is 22.5 Å². The van der Waals surface area contributed by atoms with Gasteiger partial charge in [0.1, 0.15) is 0 Å². The van der Waals surface area contributed by atoms with Crippen molar-refractivity contribution in [1.29, 1.82) is 5.26 Å². The van der Waals surface area contributed by atoms with Crippen molar-refractivity contribution in [2.24, 2.45) is 0 Å². The summed E-state index contributed by atoms with van der Waals surface area (Å²) in [7, 11) is 1.31. The topological polar surface area (TPSA) is 174 Å². The third-order valence-electron chi connectivity index (χ3n) is 8.23. The monoisotopic (exact) mass is 739 g/mol. The summed E-state index contributed by atoms with van der Waals surface area (Å²) >= 11 is 0. The summed E-state index contributed by atoms with van der Waals surface area (Å²) in [5.74, 6) is -5.72. The molecule has 0 amide bonds. The molecule has 54 heavy (non-hydrogen) atoms. The highest BCUT2D eigenvalue weighted by Crippen LogP contribution is 2.35. The van der Waals surface area contributed by atoms with Gasteiger partial charge in [-0.05, 0) is 73.4 Å². The van der Waals surface area contributed by atoms with Crippen molar-refractivity contribution in [3.63, 3.8) is 0 Å². The first-order valence-electron chi connectivity index (χ1n) is 15.7. The largest absolute Gasteiger partial charge is 0.503 e. The van der Waals surface area contributed by atoms with Crippen molar-refractivity contribution in [2.75, 3.05) is 13.9 Å². The van der Waals surface area contributed by atoms with Crippen LogP contribution in [0.3, 0.4) is 0 Å². The van der Waals surface area contributed by atoms with Gasteiger partial charge >= 0.3 is 11.3 Å². The number of phenols is 1. The average molecular weight is 740 g/mol. The number of ether oxygens (including phenoxy) is 2. The highest BCUT2D eigenvalue weighted by molar-refractivity contribution is 5.89. The third kappa shape index (κ3) is 6.83. The maximum absolute atomic E-state index is 14.6. The molecule has 0 saturated heterocycles. The van der Waals surface area contributed by atoms with Gasteiger partial charge in [0.2, 0.25) is 17.5 Å². The molecule has 0 aliphatic rings. The van der Waals surface area contributed by atoms with E-state index in [9.17, 15) is 32.3 Å². The maximum Gasteiger partial charge on any atom is 0.344 e. The van der Waals surface area contributed by atoms with Crippen molar-refractivity contribution >= 4 is 21.9 Å². The Labute approximate surface area is 301 Å². The molecule has 0 atom stereocenters. The molecule has 0 bridgehead atoms. The first-order valence-corrected chi connectivity index (χ1v) is 15.7. The molecule has 16 heteroatoms. The van der Waals surface area contributed by atoms with Gasteiger partial charge < -0.3 is 23.4 Å². The number of halogens is 4. The highest BCUT2D eigenvalue weighted by Gasteiger charge is 2.23. The summed E-state index contributed by atoms with van der Waals surface area (Å²) in [5, 5.41) is 34.2. The molecule has 0 aliphatic heterocycles. The predicted molar refractivity (Wildman–Crippen MR) is 185 cm³/mol. The highest BCUT2D eigenvalue weighted by atomic mass is 19.1. The number of hydrogen-bond acceptors (Lipinski definition) is 12. The Morgan fingerprint density at radius 2 is 1.28 bits per heavy atom. The van der Waals surface area contributed by atoms with Crippen LogP contribution in [0.2, 0.25) is 0 Å². The second-order valence-electron chi connectivity index (χ2n) is 11.6. The quantitative estimate of drug-likeness (QED) is 0.103. The second kappa shape index (κ2) is 14.9. The molecule has 4 aromatic carbocycles. The van der Waals surface area contributed by atoms with E-state index in [2.05, 4.69) is 25.1 Å². The lowest BCUT2D eigenvalue weighted by Gasteiger charge is -2.12. The number of aromatic nitrogens is 4. The number of nitriles is 1. The molecule has 0 unspecified atom stereocenters. The van der Waals surface area contributed by atoms with Crippen LogP contribution in [0, 0.1) is 55.4 Å². The average Bonchev–Trinajstić information content (AvgIpc) is 3.16. The van der Waals surface area contributed by atoms with Gasteiger partial charge in [-0.2, -0.15) is 14.0 Å². The lowest BCUT2D eigenvalue weighted by Crippen LogP contribution is -2.09. The fourth-order valence-electron chi connectivity index (χ4n) is 5.67. The zero-order chi connectivity index (χ0) is 38.8. The summed E-state index contributed by atoms with van der Waals surface area (Å²) in [4.78, 5) is 25.0. The molecule has 3 aromatic heterocycles. The zero-order valence-electron chi connectivity index (χ0n) is 28.6. The van der Waals surface area contributed by atoms with Gasteiger partial charge in [0.05, 0.1) is 22.8 Å². The van der Waals surface area contributed by atoms with Crippen LogP contribution >= 0.6 is 0 Å². The number of hydrogen-bond donors (Lipinski definition) is 1. The fraction of sp³-hybridized carbons (Fsp3) is 0.132. The van der Waals surface area contributed by atoms with Crippen LogP contribution in [-0.2, 0) is 4.74 Å². The predicted octanol–water partition coefficient (Wildman–Crippen LogP) is 7.21. The normalized spacial score (nSPS) is 10.9. The first-order chi connectivity index (χ1) is 25.8. The van der Waals surface area contributed by atoms with E-state index < -0.39 is 57.2 Å². The summed E-state index contributed by atoms with van der Waals surface area (Å²) < 4.78 is 76.4. The molecule has 0 fully saturated rings. The third-order valence-corrected chi connectivity index (χ3v) is 8.23. The Morgan fingerprint density at radius 1 is 0.741 bits per heavy atom. The van der Waals surface area contributed by atoms with E-state index in [0.29, 0.717) is 39.2 Å². The number of aryl methyl sites for hydroxylation is 3. The van der Waals surface area contributed by atoms with Crippen LogP contribution in [0.25, 0.3) is 55.6 Å². The lowest BCUT2D eigenvalue weighted by atomic mass is 9.97. The van der Waals surface area contributed by atoms with E-state index in [4.69, 9.17) is 18.8 Å². The summed E-state index contributed by atoms with van der Waals surface area (Å²) in [5.41, 5.74) is 0.164. The van der Waals surface area contributed by atoms with E-state index >= 15 is 0 Å². The molecule has 7 aromatic rings. The molecular formula is C38H25F4N5O7. The first kappa shape index (κ1) is 36.8. The van der Waals surface area contributed by atoms with E-state index in [-0.39, 0.29) is 34.5 Å². The minimum absolute atomic E-state index is 0.0442. The van der Waals surface area contributed by atoms with E-state index in [1.807, 2.05) is 6.07 Å². The number of methoxy groups -OCH3 is 1. The number of aromatic hydroxyl groups is 1. The van der Waals surface area contributed by atoms with E-state index in [1.54, 1.807) is 63.2 Å². The van der Waals surface area contributed by atoms with Gasteiger partial charge in [0.15, 0.2) is 46.9 Å². The number of nitrogens with zero attached hydrogens (tertiary/aromatic N) is 5. The Balaban J connectivity index is 0.000000185. The van der Waals surface area contributed by atoms with Crippen molar-refractivity contribution in [3.8, 4) is 51.2 Å². The molecule has 0 radical (unpaired) electrons. The minimum Gasteiger partial charge on any atom is -0.503 e. The molecule has 7 rings (SSSR count). The van der Waals surface area contributed by atoms with Crippen LogP contribution in [0.5, 0.6) is 11.5 Å². The zero-order valence-corrected chi connectivity index (χ0v) is 28.6. The number of rotatable bonds is 6. The Morgan fingerprint density at radius 3 is 1.87 bits per heavy atom. The van der Waals surface area contributed by atoms with E-state index in [0.717, 1.165) is 12.1 Å². The van der Waals surface area contributed by atoms with Crippen molar-refractivity contribution in [3.05, 3.63) is 127 Å². The second-order valence-corrected chi connectivity index (χ2v) is 11.6. The van der Waals surface area contributed by atoms with Gasteiger partial charge in [-0.1, -0.05) is 30.3 Å². The number of phenolic OH excluding ortho intramolecular Hbond substituents is 1. The molecule has 272 valence electrons. The molecule has 3 heterocycles. The fourth-order valence-corrected chi connectivity index (χ4v) is 5.67. The van der Waals surface area contributed by atoms with Gasteiger partial charge in [0.25, 0.3) is 0 Å². The van der Waals surface area contributed by atoms with Gasteiger partial charge in [-0.25, -0.2) is 18.4 Å².